The summed E-state index contributed by atoms with van der Waals surface area (Å²) in [5.74, 6) is -0.860. The number of methoxy groups -OCH3 is 2. The third kappa shape index (κ3) is 5.11. The molecule has 0 aliphatic rings. The standard InChI is InChI=1S/C10H21NO4/c1-8(2)11(5-6-14-3)9(7-15-4)10(12)13/h8-9H,5-7H2,1-4H3,(H,12,13). The van der Waals surface area contributed by atoms with E-state index in [1.165, 1.54) is 7.11 Å². The first-order valence-corrected chi connectivity index (χ1v) is 5.01. The molecule has 1 atom stereocenters. The number of carboxylic acid groups (broad SMARTS) is 1. The van der Waals surface area contributed by atoms with E-state index in [9.17, 15) is 4.79 Å². The smallest absolute Gasteiger partial charge is 0.323 e. The van der Waals surface area contributed by atoms with E-state index in [0.29, 0.717) is 13.2 Å². The number of aliphatic carboxylic acids is 1. The first-order chi connectivity index (χ1) is 7.04. The van der Waals surface area contributed by atoms with Gasteiger partial charge in [-0.15, -0.1) is 0 Å². The van der Waals surface area contributed by atoms with Gasteiger partial charge in [-0.05, 0) is 13.8 Å². The minimum atomic E-state index is -0.860. The van der Waals surface area contributed by atoms with Gasteiger partial charge in [0, 0.05) is 26.8 Å². The van der Waals surface area contributed by atoms with Gasteiger partial charge in [-0.25, -0.2) is 0 Å². The van der Waals surface area contributed by atoms with Crippen LogP contribution < -0.4 is 0 Å². The minimum absolute atomic E-state index is 0.149. The van der Waals surface area contributed by atoms with Crippen LogP contribution in [-0.4, -0.2) is 62.0 Å². The van der Waals surface area contributed by atoms with E-state index in [-0.39, 0.29) is 12.6 Å². The molecule has 0 fully saturated rings. The largest absolute Gasteiger partial charge is 0.480 e. The van der Waals surface area contributed by atoms with E-state index in [4.69, 9.17) is 14.6 Å². The Kier molecular flexibility index (Phi) is 7.29. The van der Waals surface area contributed by atoms with Gasteiger partial charge in [-0.1, -0.05) is 0 Å². The summed E-state index contributed by atoms with van der Waals surface area (Å²) in [4.78, 5) is 12.9. The van der Waals surface area contributed by atoms with Gasteiger partial charge in [0.05, 0.1) is 13.2 Å². The minimum Gasteiger partial charge on any atom is -0.480 e. The third-order valence-electron chi connectivity index (χ3n) is 2.23. The van der Waals surface area contributed by atoms with Gasteiger partial charge in [0.25, 0.3) is 0 Å². The van der Waals surface area contributed by atoms with Gasteiger partial charge in [-0.3, -0.25) is 9.69 Å². The molecule has 0 aromatic rings. The molecule has 0 heterocycles. The maximum absolute atomic E-state index is 11.0. The monoisotopic (exact) mass is 219 g/mol. The number of carbonyl (C=O) groups is 1. The number of hydrogen-bond acceptors (Lipinski definition) is 4. The molecule has 0 bridgehead atoms. The highest BCUT2D eigenvalue weighted by molar-refractivity contribution is 5.73. The second-order valence-electron chi connectivity index (χ2n) is 3.63. The number of nitrogens with zero attached hydrogens (tertiary/aromatic N) is 1. The molecule has 0 aliphatic carbocycles. The highest BCUT2D eigenvalue weighted by atomic mass is 16.5. The van der Waals surface area contributed by atoms with Crippen LogP contribution in [0.15, 0.2) is 0 Å². The van der Waals surface area contributed by atoms with Crippen LogP contribution in [0.2, 0.25) is 0 Å². The average Bonchev–Trinajstić information content (AvgIpc) is 2.16. The van der Waals surface area contributed by atoms with Crippen LogP contribution in [0.25, 0.3) is 0 Å². The Bertz CT molecular complexity index is 184. The quantitative estimate of drug-likeness (QED) is 0.642. The molecule has 90 valence electrons. The van der Waals surface area contributed by atoms with Crippen molar-refractivity contribution in [3.63, 3.8) is 0 Å². The Labute approximate surface area is 91.0 Å². The maximum Gasteiger partial charge on any atom is 0.323 e. The molecule has 0 aromatic carbocycles. The number of carboxylic acids is 1. The molecule has 5 nitrogen and oxygen atoms in total. The van der Waals surface area contributed by atoms with Crippen molar-refractivity contribution in [3.8, 4) is 0 Å². The van der Waals surface area contributed by atoms with Crippen molar-refractivity contribution in [2.45, 2.75) is 25.9 Å². The Morgan fingerprint density at radius 2 is 1.93 bits per heavy atom. The van der Waals surface area contributed by atoms with Crippen LogP contribution >= 0.6 is 0 Å². The van der Waals surface area contributed by atoms with Crippen molar-refractivity contribution in [1.29, 1.82) is 0 Å². The van der Waals surface area contributed by atoms with Crippen molar-refractivity contribution >= 4 is 5.97 Å². The normalized spacial score (nSPS) is 13.5. The summed E-state index contributed by atoms with van der Waals surface area (Å²) in [5, 5.41) is 9.06. The van der Waals surface area contributed by atoms with E-state index in [0.717, 1.165) is 0 Å². The van der Waals surface area contributed by atoms with Gasteiger partial charge in [0.1, 0.15) is 6.04 Å². The van der Waals surface area contributed by atoms with Crippen LogP contribution in [0.5, 0.6) is 0 Å². The van der Waals surface area contributed by atoms with E-state index in [1.807, 2.05) is 18.7 Å². The second kappa shape index (κ2) is 7.62. The molecule has 0 radical (unpaired) electrons. The molecule has 0 spiro atoms. The lowest BCUT2D eigenvalue weighted by molar-refractivity contribution is -0.146. The van der Waals surface area contributed by atoms with E-state index in [2.05, 4.69) is 0 Å². The molecular formula is C10H21NO4. The van der Waals surface area contributed by atoms with Crippen LogP contribution in [0.1, 0.15) is 13.8 Å². The van der Waals surface area contributed by atoms with Gasteiger partial charge in [0.2, 0.25) is 0 Å². The number of rotatable bonds is 8. The van der Waals surface area contributed by atoms with Crippen LogP contribution in [0, 0.1) is 0 Å². The topological polar surface area (TPSA) is 59.0 Å². The highest BCUT2D eigenvalue weighted by Gasteiger charge is 2.27. The van der Waals surface area contributed by atoms with Gasteiger partial charge >= 0.3 is 5.97 Å². The van der Waals surface area contributed by atoms with Gasteiger partial charge in [0.15, 0.2) is 0 Å². The van der Waals surface area contributed by atoms with Crippen LogP contribution in [0.4, 0.5) is 0 Å². The summed E-state index contributed by atoms with van der Waals surface area (Å²) in [5.41, 5.74) is 0. The van der Waals surface area contributed by atoms with Crippen LogP contribution in [-0.2, 0) is 14.3 Å². The molecule has 0 aromatic heterocycles. The lowest BCUT2D eigenvalue weighted by atomic mass is 10.2. The number of ether oxygens (including phenoxy) is 2. The van der Waals surface area contributed by atoms with Gasteiger partial charge < -0.3 is 14.6 Å². The first-order valence-electron chi connectivity index (χ1n) is 5.01. The Morgan fingerprint density at radius 3 is 2.27 bits per heavy atom. The predicted octanol–water partition coefficient (Wildman–Crippen LogP) is 0.443. The van der Waals surface area contributed by atoms with E-state index in [1.54, 1.807) is 7.11 Å². The lowest BCUT2D eigenvalue weighted by Gasteiger charge is -2.31. The Hall–Kier alpha value is -0.650. The molecule has 15 heavy (non-hydrogen) atoms. The fraction of sp³-hybridized carbons (Fsp3) is 0.900. The summed E-state index contributed by atoms with van der Waals surface area (Å²) in [6.07, 6.45) is 0. The highest BCUT2D eigenvalue weighted by Crippen LogP contribution is 2.06. The summed E-state index contributed by atoms with van der Waals surface area (Å²) < 4.78 is 9.87. The molecule has 0 saturated carbocycles. The fourth-order valence-electron chi connectivity index (χ4n) is 1.44. The van der Waals surface area contributed by atoms with Crippen molar-refractivity contribution < 1.29 is 19.4 Å². The molecular weight excluding hydrogens is 198 g/mol. The molecule has 1 N–H and O–H groups in total. The zero-order chi connectivity index (χ0) is 11.8. The predicted molar refractivity (Wildman–Crippen MR) is 57.0 cm³/mol. The summed E-state index contributed by atoms with van der Waals surface area (Å²) in [7, 11) is 3.11. The molecule has 0 rings (SSSR count). The molecule has 0 aliphatic heterocycles. The molecule has 1 unspecified atom stereocenters. The van der Waals surface area contributed by atoms with E-state index >= 15 is 0 Å². The second-order valence-corrected chi connectivity index (χ2v) is 3.63. The third-order valence-corrected chi connectivity index (χ3v) is 2.23. The zero-order valence-electron chi connectivity index (χ0n) is 9.90. The van der Waals surface area contributed by atoms with E-state index < -0.39 is 12.0 Å². The summed E-state index contributed by atoms with van der Waals surface area (Å²) >= 11 is 0. The number of hydrogen-bond donors (Lipinski definition) is 1. The fourth-order valence-corrected chi connectivity index (χ4v) is 1.44. The van der Waals surface area contributed by atoms with Crippen LogP contribution in [0.3, 0.4) is 0 Å². The van der Waals surface area contributed by atoms with Gasteiger partial charge in [-0.2, -0.15) is 0 Å². The molecule has 0 saturated heterocycles. The Morgan fingerprint density at radius 1 is 1.33 bits per heavy atom. The first kappa shape index (κ1) is 14.3. The summed E-state index contributed by atoms with van der Waals surface area (Å²) in [6, 6.07) is -0.457. The molecule has 5 heteroatoms. The zero-order valence-corrected chi connectivity index (χ0v) is 9.90. The Balaban J connectivity index is 4.44. The van der Waals surface area contributed by atoms with Crippen molar-refractivity contribution in [1.82, 2.24) is 4.90 Å². The summed E-state index contributed by atoms with van der Waals surface area (Å²) in [6.45, 7) is 5.22. The molecule has 0 amide bonds. The lowest BCUT2D eigenvalue weighted by Crippen LogP contribution is -2.49. The van der Waals surface area contributed by atoms with Crippen molar-refractivity contribution in [2.75, 3.05) is 34.0 Å². The SMILES string of the molecule is COCCN(C(C)C)C(COC)C(=O)O. The van der Waals surface area contributed by atoms with Crippen molar-refractivity contribution in [3.05, 3.63) is 0 Å². The maximum atomic E-state index is 11.0. The average molecular weight is 219 g/mol. The van der Waals surface area contributed by atoms with Crippen molar-refractivity contribution in [2.24, 2.45) is 0 Å².